The Kier molecular flexibility index (Phi) is 8.36. The molecule has 1 atom stereocenters. The average Bonchev–Trinajstić information content (AvgIpc) is 3.14. The number of aromatic nitrogens is 1. The van der Waals surface area contributed by atoms with Crippen LogP contribution in [0.15, 0.2) is 61.9 Å². The third kappa shape index (κ3) is 5.16. The number of rotatable bonds is 7. The standard InChI is InChI=1S/C26H24BrIN2O5S/c1-5-34-20-13-18(27)17(12-19(20)33-4)23-22(25(32)35-6-2)14(3)29-26-30(23)24(31)21(36-26)11-15-7-9-16(28)10-8-15/h7-13,23H,5-6H2,1-4H3/b21-11+/t23-/m0/s1. The smallest absolute Gasteiger partial charge is 0.338 e. The van der Waals surface area contributed by atoms with Crippen LogP contribution >= 0.6 is 49.9 Å². The Morgan fingerprint density at radius 2 is 1.92 bits per heavy atom. The predicted molar refractivity (Wildman–Crippen MR) is 151 cm³/mol. The molecular formula is C26H24BrIN2O5S. The normalized spacial score (nSPS) is 15.4. The van der Waals surface area contributed by atoms with Gasteiger partial charge in [0.15, 0.2) is 16.3 Å². The van der Waals surface area contributed by atoms with Crippen molar-refractivity contribution in [3.8, 4) is 11.5 Å². The van der Waals surface area contributed by atoms with Crippen molar-refractivity contribution in [2.75, 3.05) is 20.3 Å². The van der Waals surface area contributed by atoms with E-state index in [4.69, 9.17) is 14.2 Å². The van der Waals surface area contributed by atoms with Gasteiger partial charge in [-0.2, -0.15) is 0 Å². The molecule has 2 aromatic carbocycles. The lowest BCUT2D eigenvalue weighted by atomic mass is 9.95. The second kappa shape index (κ2) is 11.3. The first-order chi connectivity index (χ1) is 17.3. The number of thiazole rings is 1. The van der Waals surface area contributed by atoms with Crippen molar-refractivity contribution in [1.82, 2.24) is 4.57 Å². The summed E-state index contributed by atoms with van der Waals surface area (Å²) < 4.78 is 20.5. The predicted octanol–water partition coefficient (Wildman–Crippen LogP) is 4.57. The fourth-order valence-electron chi connectivity index (χ4n) is 3.98. The highest BCUT2D eigenvalue weighted by Crippen LogP contribution is 2.41. The molecule has 3 aromatic rings. The van der Waals surface area contributed by atoms with Crippen LogP contribution in [0.3, 0.4) is 0 Å². The molecule has 0 aliphatic carbocycles. The monoisotopic (exact) mass is 682 g/mol. The van der Waals surface area contributed by atoms with E-state index in [2.05, 4.69) is 43.5 Å². The van der Waals surface area contributed by atoms with E-state index >= 15 is 0 Å². The van der Waals surface area contributed by atoms with Crippen LogP contribution in [0.25, 0.3) is 6.08 Å². The maximum absolute atomic E-state index is 13.8. The zero-order valence-corrected chi connectivity index (χ0v) is 24.7. The molecule has 0 saturated carbocycles. The number of ether oxygens (including phenoxy) is 3. The molecule has 1 aromatic heterocycles. The number of hydrogen-bond donors (Lipinski definition) is 0. The second-order valence-electron chi connectivity index (χ2n) is 7.81. The summed E-state index contributed by atoms with van der Waals surface area (Å²) in [6, 6.07) is 10.7. The molecule has 188 valence electrons. The summed E-state index contributed by atoms with van der Waals surface area (Å²) in [5.41, 5.74) is 2.13. The van der Waals surface area contributed by atoms with Crippen molar-refractivity contribution in [2.45, 2.75) is 26.8 Å². The highest BCUT2D eigenvalue weighted by molar-refractivity contribution is 14.1. The van der Waals surface area contributed by atoms with E-state index in [-0.39, 0.29) is 12.2 Å². The summed E-state index contributed by atoms with van der Waals surface area (Å²) in [6.07, 6.45) is 1.84. The van der Waals surface area contributed by atoms with Crippen LogP contribution in [-0.2, 0) is 9.53 Å². The minimum atomic E-state index is -0.766. The number of fused-ring (bicyclic) bond motifs is 1. The Labute approximate surface area is 234 Å². The Hall–Kier alpha value is -2.44. The van der Waals surface area contributed by atoms with Crippen LogP contribution < -0.4 is 24.4 Å². The van der Waals surface area contributed by atoms with Crippen LogP contribution in [0, 0.1) is 3.57 Å². The molecule has 10 heteroatoms. The summed E-state index contributed by atoms with van der Waals surface area (Å²) >= 11 is 7.16. The Balaban J connectivity index is 1.99. The maximum atomic E-state index is 13.8. The summed E-state index contributed by atoms with van der Waals surface area (Å²) in [6.45, 7) is 6.05. The van der Waals surface area contributed by atoms with Crippen molar-refractivity contribution >= 4 is 61.9 Å². The zero-order valence-electron chi connectivity index (χ0n) is 20.1. The molecule has 1 aliphatic rings. The van der Waals surface area contributed by atoms with E-state index in [0.29, 0.717) is 48.7 Å². The van der Waals surface area contributed by atoms with Crippen molar-refractivity contribution in [3.05, 3.63) is 86.5 Å². The highest BCUT2D eigenvalue weighted by atomic mass is 127. The average molecular weight is 683 g/mol. The van der Waals surface area contributed by atoms with Crippen LogP contribution in [0.5, 0.6) is 11.5 Å². The molecule has 0 fully saturated rings. The molecule has 1 aliphatic heterocycles. The van der Waals surface area contributed by atoms with Crippen LogP contribution in [-0.4, -0.2) is 30.9 Å². The fraction of sp³-hybridized carbons (Fsp3) is 0.269. The second-order valence-corrected chi connectivity index (χ2v) is 10.9. The first kappa shape index (κ1) is 26.6. The van der Waals surface area contributed by atoms with E-state index < -0.39 is 12.0 Å². The SMILES string of the molecule is CCOC(=O)C1=C(C)N=c2s/c(=C/c3ccc(I)cc3)c(=O)n2[C@H]1c1cc(OC)c(OCC)cc1Br. The number of nitrogens with zero attached hydrogens (tertiary/aromatic N) is 2. The van der Waals surface area contributed by atoms with Gasteiger partial charge in [0.05, 0.1) is 42.2 Å². The molecule has 0 bridgehead atoms. The van der Waals surface area contributed by atoms with Gasteiger partial charge in [0.2, 0.25) is 0 Å². The van der Waals surface area contributed by atoms with Gasteiger partial charge in [-0.3, -0.25) is 9.36 Å². The van der Waals surface area contributed by atoms with Gasteiger partial charge in [0.25, 0.3) is 5.56 Å². The summed E-state index contributed by atoms with van der Waals surface area (Å²) in [5.74, 6) is 0.532. The van der Waals surface area contributed by atoms with Gasteiger partial charge in [0, 0.05) is 8.04 Å². The summed E-state index contributed by atoms with van der Waals surface area (Å²) in [7, 11) is 1.55. The van der Waals surface area contributed by atoms with Gasteiger partial charge in [0.1, 0.15) is 0 Å². The summed E-state index contributed by atoms with van der Waals surface area (Å²) in [5, 5.41) is 0. The minimum Gasteiger partial charge on any atom is -0.493 e. The van der Waals surface area contributed by atoms with Crippen LogP contribution in [0.4, 0.5) is 0 Å². The Morgan fingerprint density at radius 3 is 2.56 bits per heavy atom. The quantitative estimate of drug-likeness (QED) is 0.270. The molecule has 0 unspecified atom stereocenters. The molecular weight excluding hydrogens is 659 g/mol. The largest absolute Gasteiger partial charge is 0.493 e. The van der Waals surface area contributed by atoms with Crippen LogP contribution in [0.1, 0.15) is 37.9 Å². The topological polar surface area (TPSA) is 79.1 Å². The number of carbonyl (C=O) groups excluding carboxylic acids is 1. The number of benzene rings is 2. The molecule has 4 rings (SSSR count). The van der Waals surface area contributed by atoms with Crippen molar-refractivity contribution in [3.63, 3.8) is 0 Å². The first-order valence-electron chi connectivity index (χ1n) is 11.2. The number of hydrogen-bond acceptors (Lipinski definition) is 7. The molecule has 36 heavy (non-hydrogen) atoms. The van der Waals surface area contributed by atoms with Gasteiger partial charge < -0.3 is 14.2 Å². The van der Waals surface area contributed by atoms with E-state index in [1.54, 1.807) is 37.7 Å². The highest BCUT2D eigenvalue weighted by Gasteiger charge is 2.35. The fourth-order valence-corrected chi connectivity index (χ4v) is 5.93. The number of allylic oxidation sites excluding steroid dienone is 1. The Morgan fingerprint density at radius 1 is 1.19 bits per heavy atom. The van der Waals surface area contributed by atoms with Crippen molar-refractivity contribution in [2.24, 2.45) is 4.99 Å². The lowest BCUT2D eigenvalue weighted by Crippen LogP contribution is -2.40. The van der Waals surface area contributed by atoms with Gasteiger partial charge in [-0.05, 0) is 84.8 Å². The van der Waals surface area contributed by atoms with E-state index in [1.165, 1.54) is 11.3 Å². The molecule has 0 amide bonds. The molecule has 0 saturated heterocycles. The summed E-state index contributed by atoms with van der Waals surface area (Å²) in [4.78, 5) is 32.1. The van der Waals surface area contributed by atoms with E-state index in [9.17, 15) is 9.59 Å². The van der Waals surface area contributed by atoms with Crippen molar-refractivity contribution in [1.29, 1.82) is 0 Å². The number of methoxy groups -OCH3 is 1. The number of halogens is 2. The lowest BCUT2D eigenvalue weighted by Gasteiger charge is -2.26. The van der Waals surface area contributed by atoms with E-state index in [1.807, 2.05) is 37.3 Å². The van der Waals surface area contributed by atoms with Gasteiger partial charge in [-0.1, -0.05) is 39.4 Å². The van der Waals surface area contributed by atoms with E-state index in [0.717, 1.165) is 9.13 Å². The third-order valence-corrected chi connectivity index (χ3v) is 7.95. The first-order valence-corrected chi connectivity index (χ1v) is 13.9. The van der Waals surface area contributed by atoms with Crippen LogP contribution in [0.2, 0.25) is 0 Å². The zero-order chi connectivity index (χ0) is 26.0. The molecule has 0 spiro atoms. The maximum Gasteiger partial charge on any atom is 0.338 e. The Bertz CT molecular complexity index is 1530. The van der Waals surface area contributed by atoms with Gasteiger partial charge in [-0.25, -0.2) is 9.79 Å². The van der Waals surface area contributed by atoms with Gasteiger partial charge in [-0.15, -0.1) is 0 Å². The number of esters is 1. The third-order valence-electron chi connectivity index (χ3n) is 5.56. The molecule has 7 nitrogen and oxygen atoms in total. The molecule has 2 heterocycles. The molecule has 0 N–H and O–H groups in total. The van der Waals surface area contributed by atoms with Crippen molar-refractivity contribution < 1.29 is 19.0 Å². The minimum absolute atomic E-state index is 0.202. The van der Waals surface area contributed by atoms with Gasteiger partial charge >= 0.3 is 5.97 Å². The molecule has 0 radical (unpaired) electrons. The number of carbonyl (C=O) groups is 1. The lowest BCUT2D eigenvalue weighted by molar-refractivity contribution is -0.139.